The summed E-state index contributed by atoms with van der Waals surface area (Å²) >= 11 is 0. The van der Waals surface area contributed by atoms with Crippen LogP contribution in [0.5, 0.6) is 0 Å². The van der Waals surface area contributed by atoms with Crippen molar-refractivity contribution in [1.82, 2.24) is 10.1 Å². The number of benzene rings is 1. The van der Waals surface area contributed by atoms with Crippen LogP contribution in [0.2, 0.25) is 0 Å². The van der Waals surface area contributed by atoms with Gasteiger partial charge in [0, 0.05) is 44.4 Å². The van der Waals surface area contributed by atoms with Gasteiger partial charge in [0.15, 0.2) is 5.69 Å². The third kappa shape index (κ3) is 2.95. The lowest BCUT2D eigenvalue weighted by Crippen LogP contribution is -2.48. The highest BCUT2D eigenvalue weighted by molar-refractivity contribution is 5.92. The molecule has 0 N–H and O–H groups in total. The van der Waals surface area contributed by atoms with Crippen LogP contribution in [0.4, 0.5) is 10.1 Å². The minimum atomic E-state index is -0.240. The monoisotopic (exact) mass is 303 g/mol. The first-order valence-electron chi connectivity index (χ1n) is 7.42. The van der Waals surface area contributed by atoms with Crippen molar-refractivity contribution in [2.45, 2.75) is 13.3 Å². The lowest BCUT2D eigenvalue weighted by atomic mass is 10.2. The molecule has 116 valence electrons. The normalized spacial score (nSPS) is 15.2. The van der Waals surface area contributed by atoms with Crippen LogP contribution in [0.1, 0.15) is 23.2 Å². The molecule has 0 spiro atoms. The number of carbonyl (C=O) groups is 1. The van der Waals surface area contributed by atoms with Gasteiger partial charge in [-0.1, -0.05) is 12.1 Å². The number of nitrogens with zero attached hydrogens (tertiary/aromatic N) is 3. The molecule has 5 nitrogen and oxygen atoms in total. The fourth-order valence-electron chi connectivity index (χ4n) is 2.56. The van der Waals surface area contributed by atoms with E-state index >= 15 is 0 Å². The second-order valence-corrected chi connectivity index (χ2v) is 5.29. The summed E-state index contributed by atoms with van der Waals surface area (Å²) in [5, 5.41) is 3.83. The summed E-state index contributed by atoms with van der Waals surface area (Å²) in [7, 11) is 0. The molecule has 0 bridgehead atoms. The molecule has 0 unspecified atom stereocenters. The Morgan fingerprint density at radius 3 is 2.50 bits per heavy atom. The van der Waals surface area contributed by atoms with Crippen LogP contribution in [-0.2, 0) is 6.42 Å². The van der Waals surface area contributed by atoms with E-state index in [9.17, 15) is 9.18 Å². The maximum atomic E-state index is 13.0. The Morgan fingerprint density at radius 2 is 1.91 bits per heavy atom. The van der Waals surface area contributed by atoms with Gasteiger partial charge in [0.05, 0.1) is 0 Å². The van der Waals surface area contributed by atoms with Crippen LogP contribution < -0.4 is 4.90 Å². The Labute approximate surface area is 128 Å². The van der Waals surface area contributed by atoms with Gasteiger partial charge >= 0.3 is 0 Å². The van der Waals surface area contributed by atoms with Gasteiger partial charge in [-0.05, 0) is 24.3 Å². The number of rotatable bonds is 3. The SMILES string of the molecule is CCc1cc(C(=O)N2CCN(c3ccc(F)cc3)CC2)no1. The third-order valence-corrected chi connectivity index (χ3v) is 3.89. The molecule has 1 aromatic carbocycles. The topological polar surface area (TPSA) is 49.6 Å². The van der Waals surface area contributed by atoms with Crippen molar-refractivity contribution in [1.29, 1.82) is 0 Å². The van der Waals surface area contributed by atoms with Crippen LogP contribution in [0.25, 0.3) is 0 Å². The zero-order valence-corrected chi connectivity index (χ0v) is 12.5. The lowest BCUT2D eigenvalue weighted by Gasteiger charge is -2.35. The summed E-state index contributed by atoms with van der Waals surface area (Å²) in [6.45, 7) is 4.62. The molecule has 0 saturated carbocycles. The van der Waals surface area contributed by atoms with E-state index in [4.69, 9.17) is 4.52 Å². The Bertz CT molecular complexity index is 646. The van der Waals surface area contributed by atoms with Crippen molar-refractivity contribution < 1.29 is 13.7 Å². The number of aromatic nitrogens is 1. The number of carbonyl (C=O) groups excluding carboxylic acids is 1. The second-order valence-electron chi connectivity index (χ2n) is 5.29. The predicted molar refractivity (Wildman–Crippen MR) is 80.4 cm³/mol. The van der Waals surface area contributed by atoms with Crippen LogP contribution in [0, 0.1) is 5.82 Å². The maximum absolute atomic E-state index is 13.0. The summed E-state index contributed by atoms with van der Waals surface area (Å²) in [6, 6.07) is 8.13. The Hall–Kier alpha value is -2.37. The smallest absolute Gasteiger partial charge is 0.276 e. The molecule has 2 heterocycles. The molecule has 0 radical (unpaired) electrons. The highest BCUT2D eigenvalue weighted by Gasteiger charge is 2.24. The molecule has 0 atom stereocenters. The van der Waals surface area contributed by atoms with Gasteiger partial charge in [0.2, 0.25) is 0 Å². The summed E-state index contributed by atoms with van der Waals surface area (Å²) in [4.78, 5) is 16.3. The van der Waals surface area contributed by atoms with E-state index in [1.165, 1.54) is 12.1 Å². The Kier molecular flexibility index (Phi) is 4.09. The molecular formula is C16H18FN3O2. The zero-order chi connectivity index (χ0) is 15.5. The van der Waals surface area contributed by atoms with E-state index in [-0.39, 0.29) is 11.7 Å². The maximum Gasteiger partial charge on any atom is 0.276 e. The van der Waals surface area contributed by atoms with Gasteiger partial charge in [0.25, 0.3) is 5.91 Å². The van der Waals surface area contributed by atoms with Crippen molar-refractivity contribution in [3.8, 4) is 0 Å². The average Bonchev–Trinajstić information content (AvgIpc) is 3.04. The molecule has 6 heteroatoms. The van der Waals surface area contributed by atoms with Gasteiger partial charge in [-0.3, -0.25) is 4.79 Å². The van der Waals surface area contributed by atoms with E-state index in [1.807, 2.05) is 6.92 Å². The van der Waals surface area contributed by atoms with E-state index < -0.39 is 0 Å². The minimum Gasteiger partial charge on any atom is -0.368 e. The quantitative estimate of drug-likeness (QED) is 0.873. The summed E-state index contributed by atoms with van der Waals surface area (Å²) in [6.07, 6.45) is 0.721. The van der Waals surface area contributed by atoms with Gasteiger partial charge < -0.3 is 14.3 Å². The molecule has 1 aliphatic heterocycles. The molecule has 3 rings (SSSR count). The van der Waals surface area contributed by atoms with Crippen LogP contribution in [-0.4, -0.2) is 42.1 Å². The van der Waals surface area contributed by atoms with Gasteiger partial charge in [-0.15, -0.1) is 0 Å². The Morgan fingerprint density at radius 1 is 1.23 bits per heavy atom. The summed E-state index contributed by atoms with van der Waals surface area (Å²) < 4.78 is 18.0. The third-order valence-electron chi connectivity index (χ3n) is 3.89. The van der Waals surface area contributed by atoms with Crippen molar-refractivity contribution >= 4 is 11.6 Å². The summed E-state index contributed by atoms with van der Waals surface area (Å²) in [5.74, 6) is 0.380. The lowest BCUT2D eigenvalue weighted by molar-refractivity contribution is 0.0736. The number of hydrogen-bond donors (Lipinski definition) is 0. The van der Waals surface area contributed by atoms with Gasteiger partial charge in [0.1, 0.15) is 11.6 Å². The first-order valence-corrected chi connectivity index (χ1v) is 7.42. The first kappa shape index (κ1) is 14.6. The fourth-order valence-corrected chi connectivity index (χ4v) is 2.56. The fraction of sp³-hybridized carbons (Fsp3) is 0.375. The van der Waals surface area contributed by atoms with Crippen LogP contribution >= 0.6 is 0 Å². The molecule has 1 amide bonds. The van der Waals surface area contributed by atoms with Crippen LogP contribution in [0.15, 0.2) is 34.9 Å². The highest BCUT2D eigenvalue weighted by Crippen LogP contribution is 2.18. The van der Waals surface area contributed by atoms with Crippen molar-refractivity contribution in [3.05, 3.63) is 47.6 Å². The summed E-state index contributed by atoms with van der Waals surface area (Å²) in [5.41, 5.74) is 1.34. The molecule has 22 heavy (non-hydrogen) atoms. The van der Waals surface area contributed by atoms with Gasteiger partial charge in [-0.25, -0.2) is 4.39 Å². The number of aryl methyl sites for hydroxylation is 1. The highest BCUT2D eigenvalue weighted by atomic mass is 19.1. The molecule has 1 aliphatic rings. The van der Waals surface area contributed by atoms with E-state index in [2.05, 4.69) is 10.1 Å². The molecular weight excluding hydrogens is 285 g/mol. The predicted octanol–water partition coefficient (Wildman–Crippen LogP) is 2.34. The number of amides is 1. The van der Waals surface area contributed by atoms with E-state index in [1.54, 1.807) is 23.1 Å². The van der Waals surface area contributed by atoms with Crippen molar-refractivity contribution in [2.75, 3.05) is 31.1 Å². The van der Waals surface area contributed by atoms with E-state index in [0.29, 0.717) is 24.5 Å². The number of hydrogen-bond acceptors (Lipinski definition) is 4. The van der Waals surface area contributed by atoms with Crippen molar-refractivity contribution in [3.63, 3.8) is 0 Å². The minimum absolute atomic E-state index is 0.0952. The molecule has 0 aliphatic carbocycles. The van der Waals surface area contributed by atoms with Crippen molar-refractivity contribution in [2.24, 2.45) is 0 Å². The number of piperazine rings is 1. The second kappa shape index (κ2) is 6.17. The average molecular weight is 303 g/mol. The van der Waals surface area contributed by atoms with E-state index in [0.717, 1.165) is 25.2 Å². The standard InChI is InChI=1S/C16H18FN3O2/c1-2-14-11-15(18-22-14)16(21)20-9-7-19(8-10-20)13-5-3-12(17)4-6-13/h3-6,11H,2,7-10H2,1H3. The first-order chi connectivity index (χ1) is 10.7. The zero-order valence-electron chi connectivity index (χ0n) is 12.5. The number of anilines is 1. The molecule has 1 fully saturated rings. The number of halogens is 1. The largest absolute Gasteiger partial charge is 0.368 e. The molecule has 2 aromatic rings. The van der Waals surface area contributed by atoms with Crippen LogP contribution in [0.3, 0.4) is 0 Å². The molecule has 1 aromatic heterocycles. The molecule has 1 saturated heterocycles. The van der Waals surface area contributed by atoms with Gasteiger partial charge in [-0.2, -0.15) is 0 Å². The Balaban J connectivity index is 1.61.